The van der Waals surface area contributed by atoms with Crippen molar-refractivity contribution in [1.29, 1.82) is 0 Å². The van der Waals surface area contributed by atoms with Gasteiger partial charge in [-0.15, -0.1) is 11.3 Å². The first-order valence-corrected chi connectivity index (χ1v) is 5.62. The molecule has 0 fully saturated rings. The highest BCUT2D eigenvalue weighted by atomic mass is 32.1. The van der Waals surface area contributed by atoms with Crippen LogP contribution in [0.15, 0.2) is 29.9 Å². The van der Waals surface area contributed by atoms with E-state index < -0.39 is 6.10 Å². The predicted molar refractivity (Wildman–Crippen MR) is 59.8 cm³/mol. The number of aryl methyl sites for hydroxylation is 1. The fourth-order valence-corrected chi connectivity index (χ4v) is 2.03. The number of rotatable bonds is 3. The molecule has 0 amide bonds. The minimum Gasteiger partial charge on any atom is -0.385 e. The standard InChI is InChI=1S/C11H12N2OS/c1-8-6-12-11(13-7-8)10(14)5-9-3-2-4-15-9/h2-4,6-7,10,14H,5H2,1H3. The van der Waals surface area contributed by atoms with E-state index in [0.717, 1.165) is 10.4 Å². The summed E-state index contributed by atoms with van der Waals surface area (Å²) in [4.78, 5) is 9.35. The number of hydrogen-bond donors (Lipinski definition) is 1. The zero-order valence-corrected chi connectivity index (χ0v) is 9.24. The molecule has 2 aromatic rings. The maximum Gasteiger partial charge on any atom is 0.157 e. The number of aromatic nitrogens is 2. The molecule has 15 heavy (non-hydrogen) atoms. The van der Waals surface area contributed by atoms with Gasteiger partial charge in [0.1, 0.15) is 6.10 Å². The zero-order valence-electron chi connectivity index (χ0n) is 8.42. The summed E-state index contributed by atoms with van der Waals surface area (Å²) >= 11 is 1.63. The van der Waals surface area contributed by atoms with Crippen LogP contribution in [0.5, 0.6) is 0 Å². The Labute approximate surface area is 92.5 Å². The Morgan fingerprint density at radius 2 is 2.13 bits per heavy atom. The fraction of sp³-hybridized carbons (Fsp3) is 0.273. The Hall–Kier alpha value is -1.26. The molecular weight excluding hydrogens is 208 g/mol. The molecule has 4 heteroatoms. The highest BCUT2D eigenvalue weighted by Gasteiger charge is 2.11. The highest BCUT2D eigenvalue weighted by molar-refractivity contribution is 7.09. The molecule has 0 bridgehead atoms. The normalized spacial score (nSPS) is 12.7. The maximum atomic E-state index is 9.86. The number of thiophene rings is 1. The molecule has 3 nitrogen and oxygen atoms in total. The Balaban J connectivity index is 2.08. The van der Waals surface area contributed by atoms with Crippen molar-refractivity contribution in [2.45, 2.75) is 19.4 Å². The lowest BCUT2D eigenvalue weighted by molar-refractivity contribution is 0.169. The van der Waals surface area contributed by atoms with Crippen molar-refractivity contribution in [3.05, 3.63) is 46.2 Å². The molecule has 2 heterocycles. The summed E-state index contributed by atoms with van der Waals surface area (Å²) in [6.45, 7) is 1.93. The minimum atomic E-state index is -0.607. The van der Waals surface area contributed by atoms with Crippen molar-refractivity contribution in [3.63, 3.8) is 0 Å². The molecule has 0 saturated carbocycles. The van der Waals surface area contributed by atoms with Gasteiger partial charge in [-0.2, -0.15) is 0 Å². The van der Waals surface area contributed by atoms with Crippen molar-refractivity contribution in [1.82, 2.24) is 9.97 Å². The van der Waals surface area contributed by atoms with Gasteiger partial charge in [-0.25, -0.2) is 9.97 Å². The summed E-state index contributed by atoms with van der Waals surface area (Å²) in [6.07, 6.45) is 3.42. The van der Waals surface area contributed by atoms with Crippen LogP contribution in [0, 0.1) is 6.92 Å². The Bertz CT molecular complexity index is 411. The molecule has 0 spiro atoms. The first-order valence-electron chi connectivity index (χ1n) is 4.74. The van der Waals surface area contributed by atoms with E-state index in [1.54, 1.807) is 23.7 Å². The van der Waals surface area contributed by atoms with Gasteiger partial charge in [-0.1, -0.05) is 6.07 Å². The molecule has 2 rings (SSSR count). The first-order chi connectivity index (χ1) is 7.25. The van der Waals surface area contributed by atoms with Crippen LogP contribution < -0.4 is 0 Å². The molecule has 0 aliphatic rings. The van der Waals surface area contributed by atoms with Gasteiger partial charge in [-0.3, -0.25) is 0 Å². The van der Waals surface area contributed by atoms with E-state index in [-0.39, 0.29) is 0 Å². The summed E-state index contributed by atoms with van der Waals surface area (Å²) in [5.41, 5.74) is 1.00. The van der Waals surface area contributed by atoms with Crippen LogP contribution in [0.1, 0.15) is 22.4 Å². The molecule has 1 unspecified atom stereocenters. The smallest absolute Gasteiger partial charge is 0.157 e. The second kappa shape index (κ2) is 4.51. The molecule has 0 aliphatic heterocycles. The number of aliphatic hydroxyl groups is 1. The van der Waals surface area contributed by atoms with Gasteiger partial charge in [-0.05, 0) is 23.9 Å². The van der Waals surface area contributed by atoms with E-state index in [1.807, 2.05) is 24.4 Å². The third-order valence-corrected chi connectivity index (χ3v) is 2.97. The first kappa shape index (κ1) is 10.3. The van der Waals surface area contributed by atoms with Crippen LogP contribution in [-0.4, -0.2) is 15.1 Å². The molecule has 0 radical (unpaired) electrons. The van der Waals surface area contributed by atoms with Gasteiger partial charge in [0.15, 0.2) is 5.82 Å². The lowest BCUT2D eigenvalue weighted by Crippen LogP contribution is -2.05. The van der Waals surface area contributed by atoms with Crippen molar-refractivity contribution in [2.75, 3.05) is 0 Å². The molecule has 2 aromatic heterocycles. The average molecular weight is 220 g/mol. The van der Waals surface area contributed by atoms with Gasteiger partial charge < -0.3 is 5.11 Å². The van der Waals surface area contributed by atoms with E-state index >= 15 is 0 Å². The van der Waals surface area contributed by atoms with E-state index in [4.69, 9.17) is 0 Å². The molecule has 1 N–H and O–H groups in total. The van der Waals surface area contributed by atoms with Gasteiger partial charge >= 0.3 is 0 Å². The van der Waals surface area contributed by atoms with Crippen molar-refractivity contribution in [3.8, 4) is 0 Å². The Morgan fingerprint density at radius 3 is 2.73 bits per heavy atom. The number of nitrogens with zero attached hydrogens (tertiary/aromatic N) is 2. The van der Waals surface area contributed by atoms with Gasteiger partial charge in [0, 0.05) is 23.7 Å². The quantitative estimate of drug-likeness (QED) is 0.861. The summed E-state index contributed by atoms with van der Waals surface area (Å²) < 4.78 is 0. The molecule has 1 atom stereocenters. The van der Waals surface area contributed by atoms with Crippen LogP contribution >= 0.6 is 11.3 Å². The SMILES string of the molecule is Cc1cnc(C(O)Cc2cccs2)nc1. The minimum absolute atomic E-state index is 0.494. The van der Waals surface area contributed by atoms with Gasteiger partial charge in [0.05, 0.1) is 0 Å². The summed E-state index contributed by atoms with van der Waals surface area (Å²) in [7, 11) is 0. The van der Waals surface area contributed by atoms with Crippen molar-refractivity contribution >= 4 is 11.3 Å². The fourth-order valence-electron chi connectivity index (χ4n) is 1.29. The second-order valence-electron chi connectivity index (χ2n) is 3.42. The maximum absolute atomic E-state index is 9.86. The number of aliphatic hydroxyl groups excluding tert-OH is 1. The highest BCUT2D eigenvalue weighted by Crippen LogP contribution is 2.18. The lowest BCUT2D eigenvalue weighted by atomic mass is 10.2. The van der Waals surface area contributed by atoms with Crippen LogP contribution in [0.2, 0.25) is 0 Å². The number of hydrogen-bond acceptors (Lipinski definition) is 4. The van der Waals surface area contributed by atoms with Crippen LogP contribution in [0.4, 0.5) is 0 Å². The topological polar surface area (TPSA) is 46.0 Å². The van der Waals surface area contributed by atoms with Crippen LogP contribution in [0.25, 0.3) is 0 Å². The van der Waals surface area contributed by atoms with Crippen LogP contribution in [0.3, 0.4) is 0 Å². The average Bonchev–Trinajstić information content (AvgIpc) is 2.71. The third kappa shape index (κ3) is 2.61. The van der Waals surface area contributed by atoms with E-state index in [2.05, 4.69) is 9.97 Å². The Kier molecular flexibility index (Phi) is 3.08. The lowest BCUT2D eigenvalue weighted by Gasteiger charge is -2.07. The van der Waals surface area contributed by atoms with Crippen molar-refractivity contribution in [2.24, 2.45) is 0 Å². The Morgan fingerprint density at radius 1 is 1.40 bits per heavy atom. The van der Waals surface area contributed by atoms with Crippen LogP contribution in [-0.2, 0) is 6.42 Å². The second-order valence-corrected chi connectivity index (χ2v) is 4.45. The monoisotopic (exact) mass is 220 g/mol. The molecule has 0 saturated heterocycles. The predicted octanol–water partition coefficient (Wildman–Crippen LogP) is 2.12. The molecule has 0 aliphatic carbocycles. The molecule has 78 valence electrons. The third-order valence-electron chi connectivity index (χ3n) is 2.07. The van der Waals surface area contributed by atoms with Crippen molar-refractivity contribution < 1.29 is 5.11 Å². The van der Waals surface area contributed by atoms with E-state index in [0.29, 0.717) is 12.2 Å². The summed E-state index contributed by atoms with van der Waals surface area (Å²) in [6, 6.07) is 3.98. The van der Waals surface area contributed by atoms with E-state index in [1.165, 1.54) is 0 Å². The summed E-state index contributed by atoms with van der Waals surface area (Å²) in [5.74, 6) is 0.494. The molecule has 0 aromatic carbocycles. The van der Waals surface area contributed by atoms with E-state index in [9.17, 15) is 5.11 Å². The zero-order chi connectivity index (χ0) is 10.7. The van der Waals surface area contributed by atoms with Gasteiger partial charge in [0.25, 0.3) is 0 Å². The molecular formula is C11H12N2OS. The van der Waals surface area contributed by atoms with Gasteiger partial charge in [0.2, 0.25) is 0 Å². The summed E-state index contributed by atoms with van der Waals surface area (Å²) in [5, 5.41) is 11.9. The largest absolute Gasteiger partial charge is 0.385 e.